The summed E-state index contributed by atoms with van der Waals surface area (Å²) in [5.41, 5.74) is 7.15. The second kappa shape index (κ2) is 13.9. The number of ketones is 1. The van der Waals surface area contributed by atoms with Gasteiger partial charge in [-0.1, -0.05) is 12.1 Å². The third-order valence-electron chi connectivity index (χ3n) is 8.18. The van der Waals surface area contributed by atoms with Crippen LogP contribution in [-0.4, -0.2) is 58.0 Å². The van der Waals surface area contributed by atoms with Crippen LogP contribution < -0.4 is 15.8 Å². The zero-order chi connectivity index (χ0) is 31.3. The maximum Gasteiger partial charge on any atom is 0.325 e. The molecule has 0 aliphatic heterocycles. The van der Waals surface area contributed by atoms with Gasteiger partial charge in [0.15, 0.2) is 5.78 Å². The quantitative estimate of drug-likeness (QED) is 0.209. The second-order valence-corrected chi connectivity index (χ2v) is 12.8. The highest BCUT2D eigenvalue weighted by molar-refractivity contribution is 6.11. The number of hydrogen-bond acceptors (Lipinski definition) is 8. The van der Waals surface area contributed by atoms with E-state index >= 15 is 0 Å². The molecule has 2 fully saturated rings. The first kappa shape index (κ1) is 31.7. The highest BCUT2D eigenvalue weighted by Crippen LogP contribution is 2.27. The van der Waals surface area contributed by atoms with E-state index in [-0.39, 0.29) is 59.4 Å². The number of carbonyl (C=O) groups is 2. The van der Waals surface area contributed by atoms with Crippen LogP contribution in [0.1, 0.15) is 88.1 Å². The van der Waals surface area contributed by atoms with Crippen molar-refractivity contribution in [3.63, 3.8) is 0 Å². The topological polar surface area (TPSA) is 118 Å². The molecular weight excluding hydrogens is 563 g/mol. The van der Waals surface area contributed by atoms with Crippen LogP contribution in [0.3, 0.4) is 0 Å². The lowest BCUT2D eigenvalue weighted by molar-refractivity contribution is -0.155. The normalized spacial score (nSPS) is 19.9. The Morgan fingerprint density at radius 1 is 1.02 bits per heavy atom. The van der Waals surface area contributed by atoms with Crippen LogP contribution >= 0.6 is 0 Å². The number of ether oxygens (including phenoxy) is 3. The summed E-state index contributed by atoms with van der Waals surface area (Å²) in [7, 11) is 0. The van der Waals surface area contributed by atoms with E-state index in [2.05, 4.69) is 10.4 Å². The van der Waals surface area contributed by atoms with Gasteiger partial charge in [-0.2, -0.15) is 5.10 Å². The molecule has 2 saturated carbocycles. The molecule has 1 atom stereocenters. The molecule has 0 spiro atoms. The van der Waals surface area contributed by atoms with Crippen molar-refractivity contribution in [1.82, 2.24) is 15.1 Å². The van der Waals surface area contributed by atoms with Gasteiger partial charge in [-0.05, 0) is 109 Å². The van der Waals surface area contributed by atoms with Crippen molar-refractivity contribution in [2.24, 2.45) is 0 Å². The van der Waals surface area contributed by atoms with Crippen LogP contribution in [0.5, 0.6) is 5.75 Å². The fourth-order valence-corrected chi connectivity index (χ4v) is 5.78. The van der Waals surface area contributed by atoms with E-state index in [0.29, 0.717) is 17.0 Å². The van der Waals surface area contributed by atoms with Gasteiger partial charge >= 0.3 is 5.97 Å². The third-order valence-corrected chi connectivity index (χ3v) is 8.18. The van der Waals surface area contributed by atoms with Gasteiger partial charge in [0.05, 0.1) is 35.8 Å². The first-order chi connectivity index (χ1) is 21.1. The van der Waals surface area contributed by atoms with E-state index in [4.69, 9.17) is 19.9 Å². The van der Waals surface area contributed by atoms with Crippen molar-refractivity contribution in [1.29, 1.82) is 0 Å². The lowest BCUT2D eigenvalue weighted by Gasteiger charge is -2.33. The number of benzene rings is 2. The number of nitrogens with two attached hydrogens (primary N) is 1. The molecule has 0 saturated heterocycles. The molecule has 0 bridgehead atoms. The highest BCUT2D eigenvalue weighted by Gasteiger charge is 2.31. The molecule has 0 unspecified atom stereocenters. The van der Waals surface area contributed by atoms with Gasteiger partial charge in [0, 0.05) is 11.6 Å². The standard InChI is InChI=1S/C34H43FN4O5/c1-34(2,3)42-21-30(33(41)44-26-8-4-5-9-26)38-24-13-17-27(18-14-24)43-28-10-6-7-22(19-28)31(40)29-20-37-39(32(29)36)25-15-11-23(35)12-16-25/h6-7,10-12,15-16,19-20,24,26-27,30,38H,4-5,8-9,13-14,17-18,21,36H2,1-3H3/t24?,27?,30-/m0/s1. The van der Waals surface area contributed by atoms with Gasteiger partial charge < -0.3 is 19.9 Å². The molecular formula is C34H43FN4O5. The van der Waals surface area contributed by atoms with Crippen LogP contribution in [0.15, 0.2) is 54.7 Å². The average Bonchev–Trinajstić information content (AvgIpc) is 3.65. The molecule has 5 rings (SSSR count). The van der Waals surface area contributed by atoms with Crippen LogP contribution in [0.2, 0.25) is 0 Å². The van der Waals surface area contributed by atoms with Gasteiger partial charge in [-0.3, -0.25) is 14.9 Å². The fraction of sp³-hybridized carbons (Fsp3) is 0.500. The Labute approximate surface area is 258 Å². The van der Waals surface area contributed by atoms with Crippen molar-refractivity contribution < 1.29 is 28.2 Å². The van der Waals surface area contributed by atoms with Gasteiger partial charge in [-0.15, -0.1) is 0 Å². The third kappa shape index (κ3) is 8.24. The van der Waals surface area contributed by atoms with E-state index in [1.54, 1.807) is 30.3 Å². The SMILES string of the molecule is CC(C)(C)OC[C@H](NC1CCC(Oc2cccc(C(=O)c3cnn(-c4ccc(F)cc4)c3N)c2)CC1)C(=O)OC1CCCC1. The van der Waals surface area contributed by atoms with Crippen LogP contribution in [-0.2, 0) is 14.3 Å². The molecule has 236 valence electrons. The van der Waals surface area contributed by atoms with Crippen LogP contribution in [0.4, 0.5) is 10.2 Å². The zero-order valence-electron chi connectivity index (χ0n) is 25.8. The Balaban J connectivity index is 1.16. The molecule has 1 aromatic heterocycles. The van der Waals surface area contributed by atoms with Crippen LogP contribution in [0, 0.1) is 5.82 Å². The molecule has 2 aromatic carbocycles. The van der Waals surface area contributed by atoms with Crippen molar-refractivity contribution in [2.75, 3.05) is 12.3 Å². The summed E-state index contributed by atoms with van der Waals surface area (Å²) in [6.45, 7) is 6.20. The first-order valence-electron chi connectivity index (χ1n) is 15.6. The summed E-state index contributed by atoms with van der Waals surface area (Å²) in [4.78, 5) is 26.4. The van der Waals surface area contributed by atoms with Crippen molar-refractivity contribution in [3.8, 4) is 11.4 Å². The lowest BCUT2D eigenvalue weighted by atomic mass is 9.92. The number of hydrogen-bond donors (Lipinski definition) is 2. The highest BCUT2D eigenvalue weighted by atomic mass is 19.1. The number of nitrogens with zero attached hydrogens (tertiary/aromatic N) is 2. The molecule has 2 aliphatic rings. The number of anilines is 1. The van der Waals surface area contributed by atoms with E-state index in [0.717, 1.165) is 51.4 Å². The summed E-state index contributed by atoms with van der Waals surface area (Å²) in [5.74, 6) is -0.0935. The number of carbonyl (C=O) groups excluding carboxylic acids is 2. The minimum Gasteiger partial charge on any atom is -0.490 e. The molecule has 0 radical (unpaired) electrons. The molecule has 1 heterocycles. The number of rotatable bonds is 11. The fourth-order valence-electron chi connectivity index (χ4n) is 5.78. The Morgan fingerprint density at radius 2 is 1.73 bits per heavy atom. The van der Waals surface area contributed by atoms with Gasteiger partial charge in [-0.25, -0.2) is 9.07 Å². The van der Waals surface area contributed by atoms with E-state index in [1.807, 2.05) is 26.8 Å². The number of nitrogens with one attached hydrogen (secondary N) is 1. The lowest BCUT2D eigenvalue weighted by Crippen LogP contribution is -2.50. The Kier molecular flexibility index (Phi) is 10.0. The average molecular weight is 607 g/mol. The predicted octanol–water partition coefficient (Wildman–Crippen LogP) is 5.77. The molecule has 9 nitrogen and oxygen atoms in total. The Hall–Kier alpha value is -3.76. The van der Waals surface area contributed by atoms with Gasteiger partial charge in [0.25, 0.3) is 0 Å². The van der Waals surface area contributed by atoms with Crippen molar-refractivity contribution in [2.45, 2.75) is 102 Å². The number of esters is 1. The van der Waals surface area contributed by atoms with Gasteiger partial charge in [0.1, 0.15) is 29.5 Å². The minimum atomic E-state index is -0.514. The van der Waals surface area contributed by atoms with Crippen LogP contribution in [0.25, 0.3) is 5.69 Å². The van der Waals surface area contributed by atoms with Crippen molar-refractivity contribution in [3.05, 3.63) is 71.7 Å². The largest absolute Gasteiger partial charge is 0.490 e. The monoisotopic (exact) mass is 606 g/mol. The number of aromatic nitrogens is 2. The Bertz CT molecular complexity index is 1420. The summed E-state index contributed by atoms with van der Waals surface area (Å²) < 4.78 is 32.8. The summed E-state index contributed by atoms with van der Waals surface area (Å²) in [5, 5.41) is 7.75. The van der Waals surface area contributed by atoms with E-state index in [1.165, 1.54) is 23.0 Å². The second-order valence-electron chi connectivity index (χ2n) is 12.8. The molecule has 3 aromatic rings. The maximum absolute atomic E-state index is 13.3. The molecule has 0 amide bonds. The number of halogens is 1. The maximum atomic E-state index is 13.3. The Morgan fingerprint density at radius 3 is 2.41 bits per heavy atom. The number of nitrogen functional groups attached to an aromatic ring is 1. The first-order valence-corrected chi connectivity index (χ1v) is 15.6. The molecule has 10 heteroatoms. The zero-order valence-corrected chi connectivity index (χ0v) is 25.8. The van der Waals surface area contributed by atoms with E-state index < -0.39 is 6.04 Å². The van der Waals surface area contributed by atoms with Crippen molar-refractivity contribution >= 4 is 17.6 Å². The smallest absolute Gasteiger partial charge is 0.325 e. The molecule has 44 heavy (non-hydrogen) atoms. The van der Waals surface area contributed by atoms with E-state index in [9.17, 15) is 14.0 Å². The minimum absolute atomic E-state index is 0.00985. The van der Waals surface area contributed by atoms with Gasteiger partial charge in [0.2, 0.25) is 0 Å². The molecule has 3 N–H and O–H groups in total. The summed E-state index contributed by atoms with van der Waals surface area (Å²) in [6, 6.07) is 12.4. The molecule has 2 aliphatic carbocycles. The predicted molar refractivity (Wildman–Crippen MR) is 165 cm³/mol. The summed E-state index contributed by atoms with van der Waals surface area (Å²) >= 11 is 0. The summed E-state index contributed by atoms with van der Waals surface area (Å²) in [6.07, 6.45) is 8.77.